The van der Waals surface area contributed by atoms with Crippen molar-refractivity contribution in [1.29, 1.82) is 0 Å². The highest BCUT2D eigenvalue weighted by molar-refractivity contribution is 6.32. The van der Waals surface area contributed by atoms with E-state index in [9.17, 15) is 0 Å². The highest BCUT2D eigenvalue weighted by Crippen LogP contribution is 2.25. The van der Waals surface area contributed by atoms with Crippen LogP contribution in [-0.4, -0.2) is 31.5 Å². The Morgan fingerprint density at radius 1 is 1.38 bits per heavy atom. The Hall–Kier alpha value is -0.440. The van der Waals surface area contributed by atoms with Gasteiger partial charge < -0.3 is 9.64 Å². The molecule has 0 aliphatic heterocycles. The van der Waals surface area contributed by atoms with E-state index in [0.717, 1.165) is 19.5 Å². The van der Waals surface area contributed by atoms with Gasteiger partial charge in [-0.3, -0.25) is 0 Å². The first-order valence-corrected chi connectivity index (χ1v) is 6.15. The van der Waals surface area contributed by atoms with Crippen LogP contribution < -0.4 is 4.74 Å². The van der Waals surface area contributed by atoms with Crippen LogP contribution in [-0.2, 0) is 6.54 Å². The summed E-state index contributed by atoms with van der Waals surface area (Å²) < 4.78 is 5.11. The molecule has 16 heavy (non-hydrogen) atoms. The number of hydrogen-bond donors (Lipinski definition) is 0. The van der Waals surface area contributed by atoms with Crippen molar-refractivity contribution in [3.63, 3.8) is 0 Å². The lowest BCUT2D eigenvalue weighted by atomic mass is 10.2. The monoisotopic (exact) mass is 261 g/mol. The molecule has 2 nitrogen and oxygen atoms in total. The second kappa shape index (κ2) is 7.00. The Balaban J connectivity index is 2.57. The summed E-state index contributed by atoms with van der Waals surface area (Å²) in [5.41, 5.74) is 1.18. The Bertz CT molecular complexity index is 331. The van der Waals surface area contributed by atoms with Crippen LogP contribution in [0.5, 0.6) is 5.75 Å². The van der Waals surface area contributed by atoms with E-state index in [1.165, 1.54) is 5.56 Å². The van der Waals surface area contributed by atoms with Crippen LogP contribution in [0.15, 0.2) is 18.2 Å². The second-order valence-corrected chi connectivity index (χ2v) is 4.53. The number of halogens is 2. The number of rotatable bonds is 6. The molecule has 0 unspecified atom stereocenters. The molecule has 0 fully saturated rings. The van der Waals surface area contributed by atoms with Gasteiger partial charge in [-0.15, -0.1) is 11.6 Å². The van der Waals surface area contributed by atoms with Crippen molar-refractivity contribution in [2.24, 2.45) is 0 Å². The van der Waals surface area contributed by atoms with Crippen molar-refractivity contribution in [2.45, 2.75) is 13.0 Å². The summed E-state index contributed by atoms with van der Waals surface area (Å²) in [6.07, 6.45) is 1.00. The van der Waals surface area contributed by atoms with Gasteiger partial charge in [0.1, 0.15) is 5.75 Å². The van der Waals surface area contributed by atoms with Crippen molar-refractivity contribution in [2.75, 3.05) is 26.6 Å². The van der Waals surface area contributed by atoms with Crippen LogP contribution in [0.1, 0.15) is 12.0 Å². The van der Waals surface area contributed by atoms with Gasteiger partial charge in [0.2, 0.25) is 0 Å². The van der Waals surface area contributed by atoms with E-state index in [1.54, 1.807) is 7.11 Å². The van der Waals surface area contributed by atoms with E-state index >= 15 is 0 Å². The topological polar surface area (TPSA) is 12.5 Å². The maximum atomic E-state index is 6.05. The quantitative estimate of drug-likeness (QED) is 0.728. The molecule has 0 aromatic heterocycles. The lowest BCUT2D eigenvalue weighted by Gasteiger charge is -2.16. The fourth-order valence-corrected chi connectivity index (χ4v) is 1.93. The number of hydrogen-bond acceptors (Lipinski definition) is 2. The average molecular weight is 262 g/mol. The molecule has 0 amide bonds. The summed E-state index contributed by atoms with van der Waals surface area (Å²) in [5, 5.41) is 0.658. The van der Waals surface area contributed by atoms with Crippen LogP contribution in [0.3, 0.4) is 0 Å². The molecule has 0 N–H and O–H groups in total. The molecular formula is C12H17Cl2NO. The smallest absolute Gasteiger partial charge is 0.137 e. The standard InChI is InChI=1S/C12H17Cl2NO/c1-15(7-3-6-13)9-10-4-5-12(16-2)11(14)8-10/h4-5,8H,3,6-7,9H2,1-2H3. The molecule has 1 aromatic rings. The predicted molar refractivity (Wildman–Crippen MR) is 69.7 cm³/mol. The maximum Gasteiger partial charge on any atom is 0.137 e. The Morgan fingerprint density at radius 3 is 2.69 bits per heavy atom. The van der Waals surface area contributed by atoms with Gasteiger partial charge >= 0.3 is 0 Å². The number of methoxy groups -OCH3 is 1. The van der Waals surface area contributed by atoms with Crippen LogP contribution in [0.4, 0.5) is 0 Å². The second-order valence-electron chi connectivity index (χ2n) is 3.75. The molecule has 0 atom stereocenters. The first kappa shape index (κ1) is 13.6. The molecule has 0 radical (unpaired) electrons. The number of nitrogens with zero attached hydrogens (tertiary/aromatic N) is 1. The van der Waals surface area contributed by atoms with Crippen molar-refractivity contribution >= 4 is 23.2 Å². The van der Waals surface area contributed by atoms with Crippen molar-refractivity contribution in [1.82, 2.24) is 4.90 Å². The SMILES string of the molecule is COc1ccc(CN(C)CCCCl)cc1Cl. The number of alkyl halides is 1. The largest absolute Gasteiger partial charge is 0.495 e. The summed E-state index contributed by atoms with van der Waals surface area (Å²) in [6.45, 7) is 1.87. The summed E-state index contributed by atoms with van der Waals surface area (Å²) >= 11 is 11.7. The van der Waals surface area contributed by atoms with Crippen LogP contribution in [0.2, 0.25) is 5.02 Å². The summed E-state index contributed by atoms with van der Waals surface area (Å²) in [5.74, 6) is 1.42. The summed E-state index contributed by atoms with van der Waals surface area (Å²) in [4.78, 5) is 2.22. The highest BCUT2D eigenvalue weighted by atomic mass is 35.5. The van der Waals surface area contributed by atoms with Crippen LogP contribution in [0, 0.1) is 0 Å². The zero-order valence-corrected chi connectivity index (χ0v) is 11.2. The van der Waals surface area contributed by atoms with Gasteiger partial charge in [0.15, 0.2) is 0 Å². The lowest BCUT2D eigenvalue weighted by molar-refractivity contribution is 0.328. The third-order valence-electron chi connectivity index (χ3n) is 2.34. The number of ether oxygens (including phenoxy) is 1. The summed E-state index contributed by atoms with van der Waals surface area (Å²) in [7, 11) is 3.69. The van der Waals surface area contributed by atoms with E-state index in [4.69, 9.17) is 27.9 Å². The lowest BCUT2D eigenvalue weighted by Crippen LogP contribution is -2.19. The van der Waals surface area contributed by atoms with Gasteiger partial charge in [-0.05, 0) is 37.7 Å². The van der Waals surface area contributed by atoms with E-state index in [0.29, 0.717) is 16.7 Å². The van der Waals surface area contributed by atoms with Gasteiger partial charge in [-0.25, -0.2) is 0 Å². The summed E-state index contributed by atoms with van der Waals surface area (Å²) in [6, 6.07) is 5.87. The molecule has 0 saturated heterocycles. The number of benzene rings is 1. The van der Waals surface area contributed by atoms with Crippen molar-refractivity contribution in [3.8, 4) is 5.75 Å². The van der Waals surface area contributed by atoms with Gasteiger partial charge in [-0.2, -0.15) is 0 Å². The molecule has 0 heterocycles. The zero-order valence-electron chi connectivity index (χ0n) is 9.67. The van der Waals surface area contributed by atoms with E-state index in [1.807, 2.05) is 18.2 Å². The fraction of sp³-hybridized carbons (Fsp3) is 0.500. The first-order valence-electron chi connectivity index (χ1n) is 5.24. The van der Waals surface area contributed by atoms with Gasteiger partial charge in [0.25, 0.3) is 0 Å². The van der Waals surface area contributed by atoms with Gasteiger partial charge in [0.05, 0.1) is 12.1 Å². The molecule has 0 aliphatic rings. The minimum absolute atomic E-state index is 0.658. The van der Waals surface area contributed by atoms with Crippen LogP contribution in [0.25, 0.3) is 0 Å². The van der Waals surface area contributed by atoms with Crippen molar-refractivity contribution in [3.05, 3.63) is 28.8 Å². The molecule has 1 rings (SSSR count). The van der Waals surface area contributed by atoms with Gasteiger partial charge in [0, 0.05) is 12.4 Å². The molecule has 90 valence electrons. The first-order chi connectivity index (χ1) is 7.67. The molecule has 0 saturated carbocycles. The highest BCUT2D eigenvalue weighted by Gasteiger charge is 2.04. The van der Waals surface area contributed by atoms with E-state index in [-0.39, 0.29) is 0 Å². The minimum atomic E-state index is 0.658. The zero-order chi connectivity index (χ0) is 12.0. The molecule has 0 aliphatic carbocycles. The molecule has 1 aromatic carbocycles. The molecule has 0 bridgehead atoms. The third-order valence-corrected chi connectivity index (χ3v) is 2.90. The normalized spacial score (nSPS) is 10.8. The predicted octanol–water partition coefficient (Wildman–Crippen LogP) is 3.41. The molecule has 4 heteroatoms. The minimum Gasteiger partial charge on any atom is -0.495 e. The van der Waals surface area contributed by atoms with Crippen LogP contribution >= 0.6 is 23.2 Å². The fourth-order valence-electron chi connectivity index (χ4n) is 1.53. The molecule has 0 spiro atoms. The Morgan fingerprint density at radius 2 is 2.12 bits per heavy atom. The Labute approximate surface area is 107 Å². The molecular weight excluding hydrogens is 245 g/mol. The maximum absolute atomic E-state index is 6.05. The van der Waals surface area contributed by atoms with Gasteiger partial charge in [-0.1, -0.05) is 17.7 Å². The van der Waals surface area contributed by atoms with E-state index < -0.39 is 0 Å². The Kier molecular flexibility index (Phi) is 5.96. The average Bonchev–Trinajstić information content (AvgIpc) is 2.26. The van der Waals surface area contributed by atoms with Crippen molar-refractivity contribution < 1.29 is 4.74 Å². The van der Waals surface area contributed by atoms with E-state index in [2.05, 4.69) is 11.9 Å². The third kappa shape index (κ3) is 4.20.